The van der Waals surface area contributed by atoms with E-state index in [1.165, 1.54) is 0 Å². The molecule has 71 heavy (non-hydrogen) atoms. The van der Waals surface area contributed by atoms with E-state index in [2.05, 4.69) is 197 Å². The van der Waals surface area contributed by atoms with Gasteiger partial charge in [0.05, 0.1) is 39.8 Å². The Balaban J connectivity index is 1.04. The third-order valence-corrected chi connectivity index (χ3v) is 13.3. The number of rotatable bonds is 10. The first kappa shape index (κ1) is 42.7. The van der Waals surface area contributed by atoms with Crippen molar-refractivity contribution in [1.29, 1.82) is 0 Å². The number of nitrogens with two attached hydrogens (primary N) is 1. The van der Waals surface area contributed by atoms with Gasteiger partial charge in [0.1, 0.15) is 5.70 Å². The number of hydrogen-bond acceptors (Lipinski definition) is 4. The van der Waals surface area contributed by atoms with Crippen LogP contribution in [-0.2, 0) is 0 Å². The minimum absolute atomic E-state index is 0.643. The number of aromatic nitrogens is 3. The average Bonchev–Trinajstić information content (AvgIpc) is 3.59. The number of nitrogens with zero attached hydrogens (tertiary/aromatic N) is 5. The highest BCUT2D eigenvalue weighted by molar-refractivity contribution is 6.15. The summed E-state index contributed by atoms with van der Waals surface area (Å²) in [5, 5.41) is 3.35. The van der Waals surface area contributed by atoms with Crippen molar-refractivity contribution in [3.05, 3.63) is 266 Å². The molecule has 10 aromatic rings. The molecule has 7 aromatic carbocycles. The molecular weight excluding hydrogens is 865 g/mol. The topological polar surface area (TPSA) is 73.5 Å². The minimum Gasteiger partial charge on any atom is -0.398 e. The van der Waals surface area contributed by atoms with Crippen LogP contribution >= 0.6 is 0 Å². The second-order valence-electron chi connectivity index (χ2n) is 17.5. The van der Waals surface area contributed by atoms with Gasteiger partial charge in [-0.1, -0.05) is 152 Å². The van der Waals surface area contributed by atoms with Crippen LogP contribution in [0.1, 0.15) is 16.7 Å². The lowest BCUT2D eigenvalue weighted by Gasteiger charge is -2.14. The normalized spacial score (nSPS) is 13.7. The quantitative estimate of drug-likeness (QED) is 0.110. The Labute approximate surface area is 412 Å². The van der Waals surface area contributed by atoms with E-state index in [1.54, 1.807) is 6.08 Å². The fourth-order valence-corrected chi connectivity index (χ4v) is 10.1. The third-order valence-electron chi connectivity index (χ3n) is 13.3. The first-order chi connectivity index (χ1) is 35.1. The molecule has 6 heteroatoms. The highest BCUT2D eigenvalue weighted by atomic mass is 15.0. The van der Waals surface area contributed by atoms with Crippen molar-refractivity contribution in [3.8, 4) is 44.8 Å². The van der Waals surface area contributed by atoms with E-state index >= 15 is 0 Å². The predicted octanol–water partition coefficient (Wildman–Crippen LogP) is 15.4. The largest absolute Gasteiger partial charge is 0.398 e. The van der Waals surface area contributed by atoms with Crippen molar-refractivity contribution in [3.63, 3.8) is 0 Å². The van der Waals surface area contributed by atoms with Crippen molar-refractivity contribution in [2.24, 2.45) is 15.7 Å². The summed E-state index contributed by atoms with van der Waals surface area (Å²) in [5.74, 6) is 0. The van der Waals surface area contributed by atoms with Gasteiger partial charge in [0, 0.05) is 62.3 Å². The number of fused-ring (bicyclic) bond motifs is 6. The lowest BCUT2D eigenvalue weighted by atomic mass is 9.94. The predicted molar refractivity (Wildman–Crippen MR) is 300 cm³/mol. The number of aliphatic imine (C=N–C) groups is 2. The minimum atomic E-state index is 0.643. The second-order valence-corrected chi connectivity index (χ2v) is 17.5. The smallest absolute Gasteiger partial charge is 0.113 e. The van der Waals surface area contributed by atoms with E-state index in [0.29, 0.717) is 12.2 Å². The summed E-state index contributed by atoms with van der Waals surface area (Å²) in [4.78, 5) is 14.7. The van der Waals surface area contributed by atoms with Crippen molar-refractivity contribution < 1.29 is 0 Å². The standard InChI is InChI=1S/C65H46N6/c1-2-3-6-27-58(66)52-24-12-9-21-49(52)46-33-36-63-57(42-46)65-64(30-18-39-69-65)71(63)48-20-17-19-47(43-48)70-61-34-31-44(50-22-10-13-25-53(50)59-28-7-4-15-37-67-59)40-55(61)56-41-45(32-35-62(56)70)51-23-11-14-26-54(51)60-29-8-5-16-38-68-60/h2-28,30-36,38-43H,1,37,66H2/b6-3-,58-27-. The SMILES string of the molecule is C=C/C=C\C=C(/N)c1ccccc1-c1ccc2c(c1)c1ncccc1n2-c1cccc(-n2c3ccc(-c4ccccc4C4=C=CC=CC=N4)cc3c3cc(-c4ccccc4C4=NCC=CC=C4)ccc32)c1. The van der Waals surface area contributed by atoms with Crippen LogP contribution in [0.25, 0.3) is 99.9 Å². The first-order valence-electron chi connectivity index (χ1n) is 23.8. The summed E-state index contributed by atoms with van der Waals surface area (Å²) in [6.07, 6.45) is 25.3. The van der Waals surface area contributed by atoms with Crippen LogP contribution in [0.15, 0.2) is 259 Å². The maximum absolute atomic E-state index is 6.66. The molecule has 0 fully saturated rings. The van der Waals surface area contributed by atoms with E-state index < -0.39 is 0 Å². The second kappa shape index (κ2) is 18.5. The van der Waals surface area contributed by atoms with Gasteiger partial charge in [-0.2, -0.15) is 0 Å². The Bertz CT molecular complexity index is 4090. The Morgan fingerprint density at radius 3 is 1.94 bits per heavy atom. The van der Waals surface area contributed by atoms with E-state index in [9.17, 15) is 0 Å². The molecule has 0 saturated carbocycles. The zero-order chi connectivity index (χ0) is 47.7. The average molecular weight is 911 g/mol. The third kappa shape index (κ3) is 7.81. The molecule has 0 spiro atoms. The van der Waals surface area contributed by atoms with Crippen molar-refractivity contribution in [1.82, 2.24) is 14.1 Å². The van der Waals surface area contributed by atoms with Gasteiger partial charge in [0.25, 0.3) is 0 Å². The fraction of sp³-hybridized carbons (Fsp3) is 0.0154. The molecular formula is C65H46N6. The van der Waals surface area contributed by atoms with Gasteiger partial charge >= 0.3 is 0 Å². The molecule has 0 aliphatic carbocycles. The molecule has 0 unspecified atom stereocenters. The maximum atomic E-state index is 6.66. The van der Waals surface area contributed by atoms with Crippen LogP contribution in [0, 0.1) is 0 Å². The van der Waals surface area contributed by atoms with Gasteiger partial charge in [-0.3, -0.25) is 9.98 Å². The van der Waals surface area contributed by atoms with Gasteiger partial charge in [0.15, 0.2) is 0 Å². The monoisotopic (exact) mass is 910 g/mol. The maximum Gasteiger partial charge on any atom is 0.113 e. The van der Waals surface area contributed by atoms with Crippen LogP contribution in [0.2, 0.25) is 0 Å². The van der Waals surface area contributed by atoms with Crippen LogP contribution < -0.4 is 5.73 Å². The molecule has 2 aliphatic rings. The highest BCUT2D eigenvalue weighted by Crippen LogP contribution is 2.41. The molecule has 2 aliphatic heterocycles. The Hall–Kier alpha value is -9.61. The van der Waals surface area contributed by atoms with Crippen molar-refractivity contribution in [2.75, 3.05) is 6.54 Å². The molecule has 6 nitrogen and oxygen atoms in total. The lowest BCUT2D eigenvalue weighted by molar-refractivity contribution is 1.13. The van der Waals surface area contributed by atoms with Crippen LogP contribution in [-0.4, -0.2) is 32.6 Å². The fourth-order valence-electron chi connectivity index (χ4n) is 10.1. The molecule has 0 atom stereocenters. The molecule has 5 heterocycles. The van der Waals surface area contributed by atoms with Crippen LogP contribution in [0.4, 0.5) is 0 Å². The Morgan fingerprint density at radius 1 is 0.563 bits per heavy atom. The zero-order valence-electron chi connectivity index (χ0n) is 38.8. The molecule has 0 radical (unpaired) electrons. The number of pyridine rings is 1. The molecule has 0 bridgehead atoms. The van der Waals surface area contributed by atoms with Crippen molar-refractivity contribution in [2.45, 2.75) is 0 Å². The van der Waals surface area contributed by atoms with Gasteiger partial charge < -0.3 is 14.9 Å². The molecule has 2 N–H and O–H groups in total. The molecule has 0 amide bonds. The Morgan fingerprint density at radius 2 is 1.20 bits per heavy atom. The zero-order valence-corrected chi connectivity index (χ0v) is 38.8. The van der Waals surface area contributed by atoms with Gasteiger partial charge in [-0.15, -0.1) is 0 Å². The summed E-state index contributed by atoms with van der Waals surface area (Å²) >= 11 is 0. The van der Waals surface area contributed by atoms with E-state index in [-0.39, 0.29) is 0 Å². The molecule has 0 saturated heterocycles. The van der Waals surface area contributed by atoms with Crippen molar-refractivity contribution >= 4 is 67.1 Å². The summed E-state index contributed by atoms with van der Waals surface area (Å²) in [6, 6.07) is 58.7. The highest BCUT2D eigenvalue weighted by Gasteiger charge is 2.20. The van der Waals surface area contributed by atoms with E-state index in [0.717, 1.165) is 117 Å². The van der Waals surface area contributed by atoms with Gasteiger partial charge in [-0.25, -0.2) is 4.99 Å². The lowest BCUT2D eigenvalue weighted by Crippen LogP contribution is -2.00. The molecule has 12 rings (SSSR count). The summed E-state index contributed by atoms with van der Waals surface area (Å²) in [7, 11) is 0. The van der Waals surface area contributed by atoms with Gasteiger partial charge in [-0.05, 0) is 124 Å². The van der Waals surface area contributed by atoms with Crippen LogP contribution in [0.3, 0.4) is 0 Å². The summed E-state index contributed by atoms with van der Waals surface area (Å²) in [6.45, 7) is 4.44. The first-order valence-corrected chi connectivity index (χ1v) is 23.8. The van der Waals surface area contributed by atoms with Gasteiger partial charge in [0.2, 0.25) is 0 Å². The summed E-state index contributed by atoms with van der Waals surface area (Å²) < 4.78 is 4.73. The molecule has 3 aromatic heterocycles. The van der Waals surface area contributed by atoms with Crippen LogP contribution in [0.5, 0.6) is 0 Å². The number of hydrogen-bond donors (Lipinski definition) is 1. The number of benzene rings is 7. The van der Waals surface area contributed by atoms with E-state index in [4.69, 9.17) is 20.7 Å². The Kier molecular flexibility index (Phi) is 11.1. The summed E-state index contributed by atoms with van der Waals surface area (Å²) in [5.41, 5.74) is 29.5. The van der Waals surface area contributed by atoms with E-state index in [1.807, 2.05) is 61.0 Å². The number of allylic oxidation sites excluding steroid dienone is 10. The molecule has 336 valence electrons.